The van der Waals surface area contributed by atoms with E-state index in [9.17, 15) is 9.90 Å². The molecule has 1 atom stereocenters. The summed E-state index contributed by atoms with van der Waals surface area (Å²) in [6, 6.07) is 7.68. The molecule has 0 bridgehead atoms. The van der Waals surface area contributed by atoms with Crippen LogP contribution in [0.1, 0.15) is 51.3 Å². The number of pyridine rings is 1. The molecule has 0 unspecified atom stereocenters. The Balaban J connectivity index is 2.11. The highest BCUT2D eigenvalue weighted by atomic mass is 16.6. The highest BCUT2D eigenvalue weighted by Gasteiger charge is 2.14. The molecule has 23 heavy (non-hydrogen) atoms. The molecule has 0 fully saturated rings. The van der Waals surface area contributed by atoms with Gasteiger partial charge in [0.25, 0.3) is 0 Å². The van der Waals surface area contributed by atoms with E-state index in [0.29, 0.717) is 0 Å². The molecule has 1 heterocycles. The summed E-state index contributed by atoms with van der Waals surface area (Å²) in [6.07, 6.45) is 5.10. The van der Waals surface area contributed by atoms with Gasteiger partial charge in [-0.15, -0.1) is 0 Å². The zero-order valence-corrected chi connectivity index (χ0v) is 14.0. The maximum absolute atomic E-state index is 11.7. The lowest BCUT2D eigenvalue weighted by atomic mass is 10.1. The molecule has 1 aromatic carbocycles. The van der Waals surface area contributed by atoms with Crippen molar-refractivity contribution in [1.29, 1.82) is 0 Å². The van der Waals surface area contributed by atoms with Gasteiger partial charge in [-0.05, 0) is 57.0 Å². The Morgan fingerprint density at radius 3 is 2.74 bits per heavy atom. The van der Waals surface area contributed by atoms with Crippen LogP contribution in [-0.4, -0.2) is 21.7 Å². The van der Waals surface area contributed by atoms with Crippen LogP contribution in [0, 0.1) is 0 Å². The highest BCUT2D eigenvalue weighted by molar-refractivity contribution is 5.81. The number of hydrogen-bond acceptors (Lipinski definition) is 4. The van der Waals surface area contributed by atoms with Crippen molar-refractivity contribution in [3.63, 3.8) is 0 Å². The van der Waals surface area contributed by atoms with Gasteiger partial charge in [-0.2, -0.15) is 0 Å². The first-order chi connectivity index (χ1) is 10.7. The Morgan fingerprint density at radius 1 is 1.35 bits per heavy atom. The van der Waals surface area contributed by atoms with Gasteiger partial charge in [-0.3, -0.25) is 9.78 Å². The van der Waals surface area contributed by atoms with Crippen molar-refractivity contribution < 1.29 is 14.6 Å². The van der Waals surface area contributed by atoms with E-state index < -0.39 is 11.7 Å². The SMILES string of the molecule is C[C@@H](O)c1ccc2ncc(C=CCC(=O)OC(C)(C)C)cc2c1. The maximum atomic E-state index is 11.7. The summed E-state index contributed by atoms with van der Waals surface area (Å²) < 4.78 is 5.25. The van der Waals surface area contributed by atoms with E-state index in [1.165, 1.54) is 0 Å². The molecule has 0 amide bonds. The van der Waals surface area contributed by atoms with Gasteiger partial charge in [-0.1, -0.05) is 18.2 Å². The Kier molecular flexibility index (Phi) is 5.16. The second-order valence-corrected chi connectivity index (χ2v) is 6.59. The molecule has 4 nitrogen and oxygen atoms in total. The minimum absolute atomic E-state index is 0.225. The molecule has 0 spiro atoms. The van der Waals surface area contributed by atoms with Gasteiger partial charge < -0.3 is 9.84 Å². The average molecular weight is 313 g/mol. The summed E-state index contributed by atoms with van der Waals surface area (Å²) in [5.41, 5.74) is 2.17. The summed E-state index contributed by atoms with van der Waals surface area (Å²) in [4.78, 5) is 16.1. The first-order valence-corrected chi connectivity index (χ1v) is 7.71. The van der Waals surface area contributed by atoms with E-state index >= 15 is 0 Å². The number of rotatable bonds is 4. The van der Waals surface area contributed by atoms with E-state index in [1.54, 1.807) is 19.2 Å². The quantitative estimate of drug-likeness (QED) is 0.866. The van der Waals surface area contributed by atoms with Gasteiger partial charge >= 0.3 is 5.97 Å². The van der Waals surface area contributed by atoms with Crippen LogP contribution in [0.4, 0.5) is 0 Å². The van der Waals surface area contributed by atoms with E-state index in [1.807, 2.05) is 51.1 Å². The van der Waals surface area contributed by atoms with Crippen LogP contribution in [-0.2, 0) is 9.53 Å². The van der Waals surface area contributed by atoms with E-state index in [4.69, 9.17) is 4.74 Å². The Labute approximate surface area is 136 Å². The topological polar surface area (TPSA) is 59.4 Å². The van der Waals surface area contributed by atoms with Crippen molar-refractivity contribution >= 4 is 22.9 Å². The standard InChI is InChI=1S/C19H23NO3/c1-13(21)15-8-9-17-16(11-15)10-14(12-20-17)6-5-7-18(22)23-19(2,3)4/h5-6,8-13,21H,7H2,1-4H3/t13-/m1/s1. The molecule has 0 aliphatic rings. The summed E-state index contributed by atoms with van der Waals surface area (Å²) >= 11 is 0. The van der Waals surface area contributed by atoms with Crippen molar-refractivity contribution in [1.82, 2.24) is 4.98 Å². The molecule has 0 aliphatic heterocycles. The van der Waals surface area contributed by atoms with Crippen LogP contribution < -0.4 is 0 Å². The monoisotopic (exact) mass is 313 g/mol. The average Bonchev–Trinajstić information content (AvgIpc) is 2.44. The van der Waals surface area contributed by atoms with Crippen LogP contribution >= 0.6 is 0 Å². The lowest BCUT2D eigenvalue weighted by molar-refractivity contribution is -0.153. The number of aliphatic hydroxyl groups is 1. The van der Waals surface area contributed by atoms with Crippen LogP contribution in [0.2, 0.25) is 0 Å². The summed E-state index contributed by atoms with van der Waals surface area (Å²) in [5, 5.41) is 10.6. The first-order valence-electron chi connectivity index (χ1n) is 7.71. The third-order valence-corrected chi connectivity index (χ3v) is 3.22. The van der Waals surface area contributed by atoms with E-state index in [2.05, 4.69) is 4.98 Å². The number of ether oxygens (including phenoxy) is 1. The molecule has 0 saturated carbocycles. The molecule has 4 heteroatoms. The maximum Gasteiger partial charge on any atom is 0.310 e. The number of aliphatic hydroxyl groups excluding tert-OH is 1. The van der Waals surface area contributed by atoms with Crippen LogP contribution in [0.15, 0.2) is 36.5 Å². The van der Waals surface area contributed by atoms with Crippen molar-refractivity contribution in [3.05, 3.63) is 47.7 Å². The van der Waals surface area contributed by atoms with Crippen LogP contribution in [0.5, 0.6) is 0 Å². The van der Waals surface area contributed by atoms with Gasteiger partial charge in [0.15, 0.2) is 0 Å². The largest absolute Gasteiger partial charge is 0.460 e. The molecular formula is C19H23NO3. The van der Waals surface area contributed by atoms with Gasteiger partial charge in [0.05, 0.1) is 18.0 Å². The molecule has 0 aliphatic carbocycles. The Morgan fingerprint density at radius 2 is 2.09 bits per heavy atom. The second-order valence-electron chi connectivity index (χ2n) is 6.59. The highest BCUT2D eigenvalue weighted by Crippen LogP contribution is 2.20. The third-order valence-electron chi connectivity index (χ3n) is 3.22. The fraction of sp³-hybridized carbons (Fsp3) is 0.368. The fourth-order valence-corrected chi connectivity index (χ4v) is 2.19. The number of benzene rings is 1. The number of fused-ring (bicyclic) bond motifs is 1. The lowest BCUT2D eigenvalue weighted by Crippen LogP contribution is -2.23. The van der Waals surface area contributed by atoms with Crippen molar-refractivity contribution in [2.24, 2.45) is 0 Å². The molecule has 122 valence electrons. The molecule has 1 N–H and O–H groups in total. The summed E-state index contributed by atoms with van der Waals surface area (Å²) in [6.45, 7) is 7.28. The predicted molar refractivity (Wildman–Crippen MR) is 91.9 cm³/mol. The number of carbonyl (C=O) groups excluding carboxylic acids is 1. The van der Waals surface area contributed by atoms with Gasteiger partial charge in [-0.25, -0.2) is 0 Å². The second kappa shape index (κ2) is 6.92. The number of carbonyl (C=O) groups is 1. The number of hydrogen-bond donors (Lipinski definition) is 1. The normalized spacial score (nSPS) is 13.4. The lowest BCUT2D eigenvalue weighted by Gasteiger charge is -2.18. The first kappa shape index (κ1) is 17.2. The third kappa shape index (κ3) is 5.18. The zero-order valence-electron chi connectivity index (χ0n) is 14.0. The number of aromatic nitrogens is 1. The van der Waals surface area contributed by atoms with Crippen LogP contribution in [0.25, 0.3) is 17.0 Å². The molecular weight excluding hydrogens is 290 g/mol. The van der Waals surface area contributed by atoms with Crippen molar-refractivity contribution in [2.75, 3.05) is 0 Å². The minimum Gasteiger partial charge on any atom is -0.460 e. The number of nitrogens with zero attached hydrogens (tertiary/aromatic N) is 1. The molecule has 2 rings (SSSR count). The molecule has 2 aromatic rings. The van der Waals surface area contributed by atoms with Crippen molar-refractivity contribution in [3.8, 4) is 0 Å². The van der Waals surface area contributed by atoms with Gasteiger partial charge in [0.2, 0.25) is 0 Å². The molecule has 1 aromatic heterocycles. The fourth-order valence-electron chi connectivity index (χ4n) is 2.19. The summed E-state index contributed by atoms with van der Waals surface area (Å²) in [7, 11) is 0. The van der Waals surface area contributed by atoms with Crippen molar-refractivity contribution in [2.45, 2.75) is 45.8 Å². The van der Waals surface area contributed by atoms with E-state index in [-0.39, 0.29) is 12.4 Å². The van der Waals surface area contributed by atoms with Gasteiger partial charge in [0, 0.05) is 11.6 Å². The minimum atomic E-state index is -0.509. The number of esters is 1. The van der Waals surface area contributed by atoms with Crippen LogP contribution in [0.3, 0.4) is 0 Å². The van der Waals surface area contributed by atoms with E-state index in [0.717, 1.165) is 22.0 Å². The molecule has 0 saturated heterocycles. The predicted octanol–water partition coefficient (Wildman–Crippen LogP) is 4.03. The zero-order chi connectivity index (χ0) is 17.0. The Hall–Kier alpha value is -2.20. The smallest absolute Gasteiger partial charge is 0.310 e. The summed E-state index contributed by atoms with van der Waals surface area (Å²) in [5.74, 6) is -0.251. The Bertz CT molecular complexity index is 727. The molecule has 0 radical (unpaired) electrons. The van der Waals surface area contributed by atoms with Gasteiger partial charge in [0.1, 0.15) is 5.60 Å².